The molecule has 1 rings (SSSR count). The van der Waals surface area contributed by atoms with Crippen LogP contribution in [0, 0.1) is 5.92 Å². The Hall–Kier alpha value is -0.290. The third-order valence-electron chi connectivity index (χ3n) is 5.27. The molecule has 1 aliphatic rings. The van der Waals surface area contributed by atoms with Crippen molar-refractivity contribution < 1.29 is 13.2 Å². The lowest BCUT2D eigenvalue weighted by Crippen LogP contribution is -2.54. The minimum atomic E-state index is -4.12. The quantitative estimate of drug-likeness (QED) is 0.498. The molecule has 0 saturated carbocycles. The molecule has 2 nitrogen and oxygen atoms in total. The summed E-state index contributed by atoms with van der Waals surface area (Å²) in [5.74, 6) is -1.25. The van der Waals surface area contributed by atoms with Crippen LogP contribution in [0.2, 0.25) is 0 Å². The Morgan fingerprint density at radius 2 is 1.46 bits per heavy atom. The van der Waals surface area contributed by atoms with Crippen molar-refractivity contribution in [2.24, 2.45) is 11.7 Å². The summed E-state index contributed by atoms with van der Waals surface area (Å²) in [5.41, 5.74) is 5.96. The van der Waals surface area contributed by atoms with E-state index in [4.69, 9.17) is 5.73 Å². The lowest BCUT2D eigenvalue weighted by atomic mass is 9.90. The third-order valence-corrected chi connectivity index (χ3v) is 5.27. The maximum absolute atomic E-state index is 13.2. The highest BCUT2D eigenvalue weighted by Gasteiger charge is 2.44. The standard InChI is InChI=1S/C19H37F3N2/c1-3-5-7-8-10-12-18(11-9-6-4-2)24-14-16(19(20,21)22)13-17(23)15-24/h16-18H,3-15,23H2,1-2H3/t16-,17+,18?/m0/s1. The predicted octanol–water partition coefficient (Wildman–Crippen LogP) is 5.51. The highest BCUT2D eigenvalue weighted by Crippen LogP contribution is 2.34. The van der Waals surface area contributed by atoms with E-state index in [0.29, 0.717) is 6.54 Å². The van der Waals surface area contributed by atoms with E-state index in [2.05, 4.69) is 18.7 Å². The largest absolute Gasteiger partial charge is 0.393 e. The molecule has 2 N–H and O–H groups in total. The van der Waals surface area contributed by atoms with E-state index >= 15 is 0 Å². The molecule has 0 radical (unpaired) electrons. The summed E-state index contributed by atoms with van der Waals surface area (Å²) < 4.78 is 39.5. The maximum atomic E-state index is 13.2. The van der Waals surface area contributed by atoms with Gasteiger partial charge in [0.1, 0.15) is 0 Å². The minimum Gasteiger partial charge on any atom is -0.327 e. The van der Waals surface area contributed by atoms with Crippen molar-refractivity contribution in [2.75, 3.05) is 13.1 Å². The van der Waals surface area contributed by atoms with Crippen molar-refractivity contribution in [3.05, 3.63) is 0 Å². The van der Waals surface area contributed by atoms with Crippen molar-refractivity contribution in [2.45, 2.75) is 103 Å². The first kappa shape index (κ1) is 21.8. The number of hydrogen-bond donors (Lipinski definition) is 1. The molecule has 0 spiro atoms. The Bertz CT molecular complexity index is 320. The zero-order valence-corrected chi connectivity index (χ0v) is 15.6. The third kappa shape index (κ3) is 8.19. The summed E-state index contributed by atoms with van der Waals surface area (Å²) in [5, 5.41) is 0. The average Bonchev–Trinajstić information content (AvgIpc) is 2.51. The molecule has 1 saturated heterocycles. The van der Waals surface area contributed by atoms with Gasteiger partial charge >= 0.3 is 6.18 Å². The second-order valence-corrected chi connectivity index (χ2v) is 7.54. The van der Waals surface area contributed by atoms with Gasteiger partial charge < -0.3 is 5.73 Å². The monoisotopic (exact) mass is 350 g/mol. The SMILES string of the molecule is CCCCCCCC(CCCCC)N1C[C@H](N)C[C@H](C(F)(F)F)C1. The fourth-order valence-electron chi connectivity index (χ4n) is 3.83. The summed E-state index contributed by atoms with van der Waals surface area (Å²) in [6.07, 6.45) is 7.44. The molecule has 0 amide bonds. The topological polar surface area (TPSA) is 29.3 Å². The Balaban J connectivity index is 2.58. The molecule has 1 fully saturated rings. The van der Waals surface area contributed by atoms with Gasteiger partial charge in [-0.2, -0.15) is 13.2 Å². The van der Waals surface area contributed by atoms with Gasteiger partial charge in [0, 0.05) is 25.2 Å². The number of hydrogen-bond acceptors (Lipinski definition) is 2. The van der Waals surface area contributed by atoms with Gasteiger partial charge in [0.25, 0.3) is 0 Å². The van der Waals surface area contributed by atoms with Crippen molar-refractivity contribution in [1.29, 1.82) is 0 Å². The molecule has 1 unspecified atom stereocenters. The molecule has 3 atom stereocenters. The lowest BCUT2D eigenvalue weighted by molar-refractivity contribution is -0.190. The van der Waals surface area contributed by atoms with E-state index in [1.54, 1.807) is 0 Å². The number of rotatable bonds is 11. The maximum Gasteiger partial charge on any atom is 0.393 e. The molecule has 0 aromatic rings. The zero-order valence-electron chi connectivity index (χ0n) is 15.6. The van der Waals surface area contributed by atoms with Crippen molar-refractivity contribution >= 4 is 0 Å². The fraction of sp³-hybridized carbons (Fsp3) is 1.00. The summed E-state index contributed by atoms with van der Waals surface area (Å²) in [6.45, 7) is 5.12. The average molecular weight is 351 g/mol. The van der Waals surface area contributed by atoms with Crippen molar-refractivity contribution in [1.82, 2.24) is 4.90 Å². The summed E-state index contributed by atoms with van der Waals surface area (Å²) in [6, 6.07) is -0.0754. The first-order chi connectivity index (χ1) is 11.4. The van der Waals surface area contributed by atoms with Crippen LogP contribution < -0.4 is 5.73 Å². The van der Waals surface area contributed by atoms with Gasteiger partial charge in [-0.05, 0) is 19.3 Å². The number of likely N-dealkylation sites (tertiary alicyclic amines) is 1. The number of halogens is 3. The molecule has 24 heavy (non-hydrogen) atoms. The van der Waals surface area contributed by atoms with Crippen LogP contribution in [0.25, 0.3) is 0 Å². The highest BCUT2D eigenvalue weighted by atomic mass is 19.4. The molecule has 0 bridgehead atoms. The van der Waals surface area contributed by atoms with Crippen LogP contribution in [0.4, 0.5) is 13.2 Å². The van der Waals surface area contributed by atoms with Crippen LogP contribution in [-0.4, -0.2) is 36.2 Å². The van der Waals surface area contributed by atoms with Gasteiger partial charge in [-0.25, -0.2) is 0 Å². The number of alkyl halides is 3. The molecule has 1 aliphatic heterocycles. The van der Waals surface area contributed by atoms with Crippen LogP contribution in [0.1, 0.15) is 84.5 Å². The minimum absolute atomic E-state index is 0.0815. The van der Waals surface area contributed by atoms with Gasteiger partial charge in [0.15, 0.2) is 0 Å². The van der Waals surface area contributed by atoms with Gasteiger partial charge in [0.05, 0.1) is 5.92 Å². The van der Waals surface area contributed by atoms with Gasteiger partial charge in [-0.1, -0.05) is 65.2 Å². The fourth-order valence-corrected chi connectivity index (χ4v) is 3.83. The summed E-state index contributed by atoms with van der Waals surface area (Å²) in [7, 11) is 0. The number of nitrogens with two attached hydrogens (primary N) is 1. The molecule has 0 aromatic carbocycles. The van der Waals surface area contributed by atoms with Gasteiger partial charge in [-0.3, -0.25) is 4.90 Å². The normalized spacial score (nSPS) is 24.2. The molecular formula is C19H37F3N2. The first-order valence-electron chi connectivity index (χ1n) is 9.94. The van der Waals surface area contributed by atoms with E-state index in [9.17, 15) is 13.2 Å². The number of nitrogens with zero attached hydrogens (tertiary/aromatic N) is 1. The number of unbranched alkanes of at least 4 members (excludes halogenated alkanes) is 6. The number of piperidine rings is 1. The summed E-state index contributed by atoms with van der Waals surface area (Å²) >= 11 is 0. The Morgan fingerprint density at radius 1 is 0.917 bits per heavy atom. The molecule has 144 valence electrons. The Labute approximate surface area is 146 Å². The van der Waals surface area contributed by atoms with Crippen LogP contribution in [-0.2, 0) is 0 Å². The van der Waals surface area contributed by atoms with Crippen molar-refractivity contribution in [3.63, 3.8) is 0 Å². The van der Waals surface area contributed by atoms with E-state index < -0.39 is 12.1 Å². The van der Waals surface area contributed by atoms with Crippen LogP contribution in [0.15, 0.2) is 0 Å². The first-order valence-corrected chi connectivity index (χ1v) is 9.94. The van der Waals surface area contributed by atoms with E-state index in [0.717, 1.165) is 38.5 Å². The van der Waals surface area contributed by atoms with Crippen LogP contribution >= 0.6 is 0 Å². The van der Waals surface area contributed by atoms with Gasteiger partial charge in [0.2, 0.25) is 0 Å². The molecule has 1 heterocycles. The molecular weight excluding hydrogens is 313 g/mol. The van der Waals surface area contributed by atoms with Gasteiger partial charge in [-0.15, -0.1) is 0 Å². The molecule has 0 aromatic heterocycles. The van der Waals surface area contributed by atoms with Crippen LogP contribution in [0.5, 0.6) is 0 Å². The van der Waals surface area contributed by atoms with Crippen LogP contribution in [0.3, 0.4) is 0 Å². The van der Waals surface area contributed by atoms with Crippen molar-refractivity contribution in [3.8, 4) is 0 Å². The lowest BCUT2D eigenvalue weighted by Gasteiger charge is -2.41. The highest BCUT2D eigenvalue weighted by molar-refractivity contribution is 4.88. The predicted molar refractivity (Wildman–Crippen MR) is 95.0 cm³/mol. The Morgan fingerprint density at radius 3 is 2.04 bits per heavy atom. The molecule has 0 aliphatic carbocycles. The smallest absolute Gasteiger partial charge is 0.327 e. The van der Waals surface area contributed by atoms with E-state index in [1.807, 2.05) is 0 Å². The second-order valence-electron chi connectivity index (χ2n) is 7.54. The molecule has 5 heteroatoms. The Kier molecular flexibility index (Phi) is 10.3. The zero-order chi connectivity index (χ0) is 18.0. The van der Waals surface area contributed by atoms with E-state index in [-0.39, 0.29) is 25.0 Å². The second kappa shape index (κ2) is 11.3. The summed E-state index contributed by atoms with van der Waals surface area (Å²) in [4.78, 5) is 2.06. The van der Waals surface area contributed by atoms with E-state index in [1.165, 1.54) is 25.7 Å².